The molecule has 0 spiro atoms. The van der Waals surface area contributed by atoms with Crippen LogP contribution in [0.3, 0.4) is 0 Å². The first-order valence-corrected chi connectivity index (χ1v) is 2.37. The zero-order valence-corrected chi connectivity index (χ0v) is 5.42. The molecule has 0 amide bonds. The van der Waals surface area contributed by atoms with E-state index in [1.54, 1.807) is 0 Å². The van der Waals surface area contributed by atoms with Crippen LogP contribution in [0.5, 0.6) is 0 Å². The van der Waals surface area contributed by atoms with E-state index in [0.29, 0.717) is 11.6 Å². The fourth-order valence-electron chi connectivity index (χ4n) is 0.270. The molecular weight excluding hydrogens is 116 g/mol. The van der Waals surface area contributed by atoms with Gasteiger partial charge in [0, 0.05) is 6.08 Å². The van der Waals surface area contributed by atoms with Crippen LogP contribution in [-0.2, 0) is 4.74 Å². The van der Waals surface area contributed by atoms with Gasteiger partial charge in [-0.25, -0.2) is 4.99 Å². The van der Waals surface area contributed by atoms with Crippen molar-refractivity contribution in [3.63, 3.8) is 0 Å². The Morgan fingerprint density at radius 2 is 2.33 bits per heavy atom. The fourth-order valence-corrected chi connectivity index (χ4v) is 0.270. The van der Waals surface area contributed by atoms with Crippen LogP contribution in [0.1, 0.15) is 0 Å². The van der Waals surface area contributed by atoms with Gasteiger partial charge in [0.25, 0.3) is 0 Å². The monoisotopic (exact) mass is 126 g/mol. The van der Waals surface area contributed by atoms with Crippen LogP contribution < -0.4 is 5.73 Å². The summed E-state index contributed by atoms with van der Waals surface area (Å²) in [6.07, 6.45) is 1.49. The summed E-state index contributed by atoms with van der Waals surface area (Å²) in [4.78, 5) is 3.42. The van der Waals surface area contributed by atoms with Crippen molar-refractivity contribution in [2.45, 2.75) is 0 Å². The molecule has 50 valence electrons. The van der Waals surface area contributed by atoms with Crippen molar-refractivity contribution in [2.24, 2.45) is 10.7 Å². The maximum atomic E-state index is 5.24. The molecule has 9 heavy (non-hydrogen) atoms. The lowest BCUT2D eigenvalue weighted by atomic mass is 10.5. The number of aliphatic imine (C=N–C) groups is 1. The summed E-state index contributed by atoms with van der Waals surface area (Å²) in [5.41, 5.74) is 5.24. The summed E-state index contributed by atoms with van der Waals surface area (Å²) in [6.45, 7) is 6.70. The molecule has 0 aromatic rings. The Balaban J connectivity index is 3.94. The second-order valence-electron chi connectivity index (χ2n) is 1.40. The highest BCUT2D eigenvalue weighted by atomic mass is 16.5. The van der Waals surface area contributed by atoms with Crippen LogP contribution in [0, 0.1) is 0 Å². The molecule has 2 N–H and O–H groups in total. The molecule has 0 saturated carbocycles. The van der Waals surface area contributed by atoms with E-state index in [1.165, 1.54) is 13.2 Å². The molecule has 0 unspecified atom stereocenters. The molecule has 0 radical (unpaired) electrons. The summed E-state index contributed by atoms with van der Waals surface area (Å²) < 4.78 is 4.68. The van der Waals surface area contributed by atoms with Gasteiger partial charge in [0.05, 0.1) is 7.11 Å². The number of nitrogens with two attached hydrogens (primary N) is 1. The zero-order chi connectivity index (χ0) is 7.28. The SMILES string of the molecule is C=N/C(N)=C\C(=C)OC. The number of nitrogens with zero attached hydrogens (tertiary/aromatic N) is 1. The van der Waals surface area contributed by atoms with Gasteiger partial charge in [-0.1, -0.05) is 6.58 Å². The summed E-state index contributed by atoms with van der Waals surface area (Å²) in [7, 11) is 1.51. The molecule has 0 atom stereocenters. The average molecular weight is 126 g/mol. The van der Waals surface area contributed by atoms with Gasteiger partial charge in [-0.2, -0.15) is 0 Å². The quantitative estimate of drug-likeness (QED) is 0.343. The van der Waals surface area contributed by atoms with Crippen molar-refractivity contribution >= 4 is 6.72 Å². The standard InChI is InChI=1S/C6H10N2O/c1-5(9-3)4-6(7)8-2/h4H,1-2,7H2,3H3/b6-4-. The maximum absolute atomic E-state index is 5.24. The van der Waals surface area contributed by atoms with Crippen molar-refractivity contribution in [3.8, 4) is 0 Å². The Morgan fingerprint density at radius 1 is 1.78 bits per heavy atom. The van der Waals surface area contributed by atoms with E-state index >= 15 is 0 Å². The normalized spacial score (nSPS) is 10.6. The minimum Gasteiger partial charge on any atom is -0.497 e. The van der Waals surface area contributed by atoms with Gasteiger partial charge < -0.3 is 10.5 Å². The zero-order valence-electron chi connectivity index (χ0n) is 5.42. The number of hydrogen-bond donors (Lipinski definition) is 1. The molecule has 0 aromatic heterocycles. The Hall–Kier alpha value is -1.25. The van der Waals surface area contributed by atoms with Crippen LogP contribution >= 0.6 is 0 Å². The van der Waals surface area contributed by atoms with Crippen molar-refractivity contribution in [3.05, 3.63) is 24.2 Å². The predicted octanol–water partition coefficient (Wildman–Crippen LogP) is 0.647. The lowest BCUT2D eigenvalue weighted by Gasteiger charge is -1.95. The number of rotatable bonds is 3. The van der Waals surface area contributed by atoms with Crippen LogP contribution in [0.2, 0.25) is 0 Å². The van der Waals surface area contributed by atoms with Crippen LogP contribution in [-0.4, -0.2) is 13.8 Å². The van der Waals surface area contributed by atoms with Gasteiger partial charge >= 0.3 is 0 Å². The lowest BCUT2D eigenvalue weighted by molar-refractivity contribution is 0.308. The molecule has 0 aliphatic heterocycles. The first-order valence-electron chi connectivity index (χ1n) is 2.37. The van der Waals surface area contributed by atoms with Crippen LogP contribution in [0.4, 0.5) is 0 Å². The molecule has 0 heterocycles. The van der Waals surface area contributed by atoms with E-state index in [0.717, 1.165) is 0 Å². The predicted molar refractivity (Wildman–Crippen MR) is 38.0 cm³/mol. The third-order valence-electron chi connectivity index (χ3n) is 0.754. The van der Waals surface area contributed by atoms with Gasteiger partial charge in [-0.05, 0) is 6.72 Å². The van der Waals surface area contributed by atoms with E-state index in [-0.39, 0.29) is 0 Å². The average Bonchev–Trinajstić information content (AvgIpc) is 1.87. The van der Waals surface area contributed by atoms with Gasteiger partial charge in [0.2, 0.25) is 0 Å². The summed E-state index contributed by atoms with van der Waals surface area (Å²) in [5.74, 6) is 0.779. The smallest absolute Gasteiger partial charge is 0.126 e. The molecule has 0 fully saturated rings. The van der Waals surface area contributed by atoms with E-state index in [9.17, 15) is 0 Å². The third kappa shape index (κ3) is 3.34. The van der Waals surface area contributed by atoms with Crippen LogP contribution in [0.25, 0.3) is 0 Å². The Morgan fingerprint density at radius 3 is 2.67 bits per heavy atom. The molecule has 0 saturated heterocycles. The molecule has 0 aliphatic carbocycles. The maximum Gasteiger partial charge on any atom is 0.126 e. The second-order valence-corrected chi connectivity index (χ2v) is 1.40. The highest BCUT2D eigenvalue weighted by Crippen LogP contribution is 1.95. The molecule has 0 aromatic carbocycles. The largest absolute Gasteiger partial charge is 0.497 e. The Kier molecular flexibility index (Phi) is 3.20. The topological polar surface area (TPSA) is 47.6 Å². The number of allylic oxidation sites excluding steroid dienone is 1. The Labute approximate surface area is 54.5 Å². The highest BCUT2D eigenvalue weighted by Gasteiger charge is 1.84. The van der Waals surface area contributed by atoms with Crippen molar-refractivity contribution in [1.29, 1.82) is 0 Å². The van der Waals surface area contributed by atoms with Gasteiger partial charge in [-0.15, -0.1) is 0 Å². The Bertz CT molecular complexity index is 149. The molecular formula is C6H10N2O. The second kappa shape index (κ2) is 3.72. The minimum atomic E-state index is 0.307. The van der Waals surface area contributed by atoms with Crippen molar-refractivity contribution < 1.29 is 4.74 Å². The first-order chi connectivity index (χ1) is 4.20. The summed E-state index contributed by atoms with van der Waals surface area (Å²) >= 11 is 0. The number of ether oxygens (including phenoxy) is 1. The fraction of sp³-hybridized carbons (Fsp3) is 0.167. The molecule has 0 bridgehead atoms. The molecule has 0 rings (SSSR count). The van der Waals surface area contributed by atoms with Crippen LogP contribution in [0.15, 0.2) is 29.2 Å². The van der Waals surface area contributed by atoms with Gasteiger partial charge in [-0.3, -0.25) is 0 Å². The van der Waals surface area contributed by atoms with Crippen molar-refractivity contribution in [1.82, 2.24) is 0 Å². The van der Waals surface area contributed by atoms with E-state index in [1.807, 2.05) is 0 Å². The van der Waals surface area contributed by atoms with Gasteiger partial charge in [0.1, 0.15) is 11.6 Å². The first kappa shape index (κ1) is 7.75. The van der Waals surface area contributed by atoms with E-state index in [4.69, 9.17) is 5.73 Å². The molecule has 3 heteroatoms. The lowest BCUT2D eigenvalue weighted by Crippen LogP contribution is -1.93. The number of methoxy groups -OCH3 is 1. The summed E-state index contributed by atoms with van der Waals surface area (Å²) in [5, 5.41) is 0. The van der Waals surface area contributed by atoms with E-state index in [2.05, 4.69) is 23.0 Å². The minimum absolute atomic E-state index is 0.307. The number of hydrogen-bond acceptors (Lipinski definition) is 3. The summed E-state index contributed by atoms with van der Waals surface area (Å²) in [6, 6.07) is 0. The molecule has 3 nitrogen and oxygen atoms in total. The van der Waals surface area contributed by atoms with E-state index < -0.39 is 0 Å². The highest BCUT2D eigenvalue weighted by molar-refractivity contribution is 5.29. The molecule has 0 aliphatic rings. The van der Waals surface area contributed by atoms with Gasteiger partial charge in [0.15, 0.2) is 0 Å². The third-order valence-corrected chi connectivity index (χ3v) is 0.754. The van der Waals surface area contributed by atoms with Crippen molar-refractivity contribution in [2.75, 3.05) is 7.11 Å².